The van der Waals surface area contributed by atoms with Gasteiger partial charge in [0.05, 0.1) is 6.04 Å². The van der Waals surface area contributed by atoms with E-state index >= 15 is 0 Å². The number of halogens is 3. The zero-order valence-electron chi connectivity index (χ0n) is 8.88. The van der Waals surface area contributed by atoms with Crippen LogP contribution in [-0.2, 0) is 0 Å². The normalized spacial score (nSPS) is 16.1. The second-order valence-corrected chi connectivity index (χ2v) is 4.40. The molecule has 0 aliphatic heterocycles. The molecule has 0 radical (unpaired) electrons. The fourth-order valence-electron chi connectivity index (χ4n) is 1.06. The van der Waals surface area contributed by atoms with E-state index in [1.807, 2.05) is 12.3 Å². The van der Waals surface area contributed by atoms with Gasteiger partial charge in [-0.05, 0) is 13.8 Å². The van der Waals surface area contributed by atoms with Gasteiger partial charge in [0, 0.05) is 17.6 Å². The Morgan fingerprint density at radius 3 is 2.62 bits per heavy atom. The Morgan fingerprint density at radius 2 is 2.19 bits per heavy atom. The van der Waals surface area contributed by atoms with E-state index in [1.165, 1.54) is 11.3 Å². The first-order chi connectivity index (χ1) is 7.30. The van der Waals surface area contributed by atoms with Gasteiger partial charge in [-0.2, -0.15) is 13.2 Å². The minimum absolute atomic E-state index is 0.296. The van der Waals surface area contributed by atoms with Crippen LogP contribution in [0.1, 0.15) is 23.7 Å². The van der Waals surface area contributed by atoms with E-state index in [0.29, 0.717) is 5.01 Å². The van der Waals surface area contributed by atoms with Crippen molar-refractivity contribution in [3.63, 3.8) is 0 Å². The summed E-state index contributed by atoms with van der Waals surface area (Å²) in [6, 6.07) is -0.296. The molecule has 92 valence electrons. The number of aliphatic hydroxyl groups is 1. The minimum atomic E-state index is -4.58. The van der Waals surface area contributed by atoms with Crippen molar-refractivity contribution in [1.29, 1.82) is 0 Å². The minimum Gasteiger partial charge on any atom is -0.382 e. The van der Waals surface area contributed by atoms with Crippen molar-refractivity contribution in [2.75, 3.05) is 6.54 Å². The van der Waals surface area contributed by atoms with Crippen molar-refractivity contribution in [2.24, 2.45) is 0 Å². The summed E-state index contributed by atoms with van der Waals surface area (Å²) in [7, 11) is 0. The van der Waals surface area contributed by atoms with Crippen molar-refractivity contribution in [1.82, 2.24) is 10.3 Å². The third kappa shape index (κ3) is 3.73. The van der Waals surface area contributed by atoms with Crippen LogP contribution in [-0.4, -0.2) is 28.9 Å². The molecule has 2 unspecified atom stereocenters. The zero-order valence-corrected chi connectivity index (χ0v) is 9.69. The van der Waals surface area contributed by atoms with Gasteiger partial charge in [0.2, 0.25) is 0 Å². The number of aliphatic hydroxyl groups excluding tert-OH is 1. The molecule has 7 heteroatoms. The predicted octanol–water partition coefficient (Wildman–Crippen LogP) is 2.03. The number of nitrogens with zero attached hydrogens (tertiary/aromatic N) is 1. The second kappa shape index (κ2) is 5.11. The summed E-state index contributed by atoms with van der Waals surface area (Å²) >= 11 is 1.38. The Kier molecular flexibility index (Phi) is 4.28. The van der Waals surface area contributed by atoms with Gasteiger partial charge >= 0.3 is 6.18 Å². The van der Waals surface area contributed by atoms with E-state index < -0.39 is 18.8 Å². The van der Waals surface area contributed by atoms with Gasteiger partial charge in [-0.3, -0.25) is 0 Å². The average Bonchev–Trinajstić information content (AvgIpc) is 2.59. The molecule has 2 N–H and O–H groups in total. The number of aryl methyl sites for hydroxylation is 1. The summed E-state index contributed by atoms with van der Waals surface area (Å²) < 4.78 is 36.0. The number of hydrogen-bond acceptors (Lipinski definition) is 4. The molecule has 3 nitrogen and oxygen atoms in total. The van der Waals surface area contributed by atoms with Crippen molar-refractivity contribution < 1.29 is 18.3 Å². The third-order valence-corrected chi connectivity index (χ3v) is 3.15. The number of aromatic nitrogens is 1. The van der Waals surface area contributed by atoms with Crippen LogP contribution in [0.15, 0.2) is 5.38 Å². The first-order valence-corrected chi connectivity index (χ1v) is 5.59. The van der Waals surface area contributed by atoms with Gasteiger partial charge in [-0.25, -0.2) is 4.98 Å². The van der Waals surface area contributed by atoms with E-state index in [9.17, 15) is 13.2 Å². The van der Waals surface area contributed by atoms with Crippen molar-refractivity contribution in [2.45, 2.75) is 32.2 Å². The van der Waals surface area contributed by atoms with Gasteiger partial charge in [-0.15, -0.1) is 11.3 Å². The first kappa shape index (κ1) is 13.4. The fourth-order valence-corrected chi connectivity index (χ4v) is 1.89. The van der Waals surface area contributed by atoms with Gasteiger partial charge < -0.3 is 10.4 Å². The Morgan fingerprint density at radius 1 is 1.56 bits per heavy atom. The van der Waals surface area contributed by atoms with Crippen LogP contribution in [0.5, 0.6) is 0 Å². The maximum atomic E-state index is 12.0. The van der Waals surface area contributed by atoms with Gasteiger partial charge in [0.15, 0.2) is 6.10 Å². The number of nitrogens with one attached hydrogen (secondary N) is 1. The van der Waals surface area contributed by atoms with Gasteiger partial charge in [0.25, 0.3) is 0 Å². The smallest absolute Gasteiger partial charge is 0.382 e. The number of thiazole rings is 1. The standard InChI is InChI=1S/C9H13F3N2OS/c1-5-4-16-8(14-5)6(2)13-3-7(15)9(10,11)12/h4,6-7,13,15H,3H2,1-2H3. The molecule has 1 aromatic heterocycles. The fraction of sp³-hybridized carbons (Fsp3) is 0.667. The Hall–Kier alpha value is -0.660. The lowest BCUT2D eigenvalue weighted by molar-refractivity contribution is -0.202. The molecule has 0 aromatic carbocycles. The highest BCUT2D eigenvalue weighted by molar-refractivity contribution is 7.09. The maximum absolute atomic E-state index is 12.0. The summed E-state index contributed by atoms with van der Waals surface area (Å²) in [4.78, 5) is 4.14. The van der Waals surface area contributed by atoms with E-state index in [-0.39, 0.29) is 6.04 Å². The molecule has 0 aliphatic rings. The van der Waals surface area contributed by atoms with Crippen molar-refractivity contribution in [3.05, 3.63) is 16.1 Å². The lowest BCUT2D eigenvalue weighted by Gasteiger charge is -2.17. The highest BCUT2D eigenvalue weighted by Gasteiger charge is 2.38. The molecule has 1 heterocycles. The van der Waals surface area contributed by atoms with Crippen molar-refractivity contribution in [3.8, 4) is 0 Å². The molecule has 0 saturated heterocycles. The maximum Gasteiger partial charge on any atom is 0.415 e. The van der Waals surface area contributed by atoms with Crippen LogP contribution in [0.3, 0.4) is 0 Å². The molecule has 0 amide bonds. The quantitative estimate of drug-likeness (QED) is 0.864. The summed E-state index contributed by atoms with van der Waals surface area (Å²) in [5, 5.41) is 13.9. The Balaban J connectivity index is 2.44. The number of alkyl halides is 3. The first-order valence-electron chi connectivity index (χ1n) is 4.71. The molecule has 0 saturated carbocycles. The van der Waals surface area contributed by atoms with Crippen LogP contribution < -0.4 is 5.32 Å². The van der Waals surface area contributed by atoms with Gasteiger partial charge in [-0.1, -0.05) is 0 Å². The lowest BCUT2D eigenvalue weighted by Crippen LogP contribution is -2.39. The molecule has 0 aliphatic carbocycles. The van der Waals surface area contributed by atoms with Crippen LogP contribution in [0.25, 0.3) is 0 Å². The average molecular weight is 254 g/mol. The Bertz CT molecular complexity index is 340. The van der Waals surface area contributed by atoms with Crippen molar-refractivity contribution >= 4 is 11.3 Å². The summed E-state index contributed by atoms with van der Waals surface area (Å²) in [6.07, 6.45) is -6.91. The monoisotopic (exact) mass is 254 g/mol. The van der Waals surface area contributed by atoms with Crippen LogP contribution in [0.4, 0.5) is 13.2 Å². The molecule has 1 aromatic rings. The molecular formula is C9H13F3N2OS. The molecule has 1 rings (SSSR count). The van der Waals surface area contributed by atoms with Crippen LogP contribution >= 0.6 is 11.3 Å². The summed E-state index contributed by atoms with van der Waals surface area (Å²) in [5.74, 6) is 0. The number of hydrogen-bond donors (Lipinski definition) is 2. The van der Waals surface area contributed by atoms with Crippen LogP contribution in [0.2, 0.25) is 0 Å². The summed E-state index contributed by atoms with van der Waals surface area (Å²) in [5.41, 5.74) is 0.838. The number of rotatable bonds is 4. The highest BCUT2D eigenvalue weighted by atomic mass is 32.1. The molecule has 0 fully saturated rings. The largest absolute Gasteiger partial charge is 0.415 e. The van der Waals surface area contributed by atoms with E-state index in [1.54, 1.807) is 6.92 Å². The topological polar surface area (TPSA) is 45.1 Å². The molecule has 0 spiro atoms. The zero-order chi connectivity index (χ0) is 12.3. The summed E-state index contributed by atoms with van der Waals surface area (Å²) in [6.45, 7) is 3.00. The predicted molar refractivity (Wildman–Crippen MR) is 55.3 cm³/mol. The molecular weight excluding hydrogens is 241 g/mol. The third-order valence-electron chi connectivity index (χ3n) is 2.00. The van der Waals surface area contributed by atoms with E-state index in [0.717, 1.165) is 5.69 Å². The van der Waals surface area contributed by atoms with Crippen LogP contribution in [0, 0.1) is 6.92 Å². The molecule has 2 atom stereocenters. The van der Waals surface area contributed by atoms with E-state index in [4.69, 9.17) is 5.11 Å². The Labute approximate surface area is 95.3 Å². The van der Waals surface area contributed by atoms with Gasteiger partial charge in [0.1, 0.15) is 5.01 Å². The second-order valence-electron chi connectivity index (χ2n) is 3.51. The molecule has 0 bridgehead atoms. The molecule has 16 heavy (non-hydrogen) atoms. The highest BCUT2D eigenvalue weighted by Crippen LogP contribution is 2.21. The van der Waals surface area contributed by atoms with E-state index in [2.05, 4.69) is 10.3 Å². The lowest BCUT2D eigenvalue weighted by atomic mass is 10.3. The SMILES string of the molecule is Cc1csc(C(C)NCC(O)C(F)(F)F)n1.